The van der Waals surface area contributed by atoms with Crippen molar-refractivity contribution >= 4 is 29.7 Å². The Balaban J connectivity index is 1.17. The van der Waals surface area contributed by atoms with E-state index < -0.39 is 18.0 Å². The van der Waals surface area contributed by atoms with E-state index in [1.54, 1.807) is 5.57 Å². The molecule has 5 rings (SSSR count). The van der Waals surface area contributed by atoms with Gasteiger partial charge < -0.3 is 25.6 Å². The summed E-state index contributed by atoms with van der Waals surface area (Å²) in [5, 5.41) is 24.0. The smallest absolute Gasteiger partial charge is 0.325 e. The molecule has 0 aliphatic heterocycles. The number of hydrogen-bond donors (Lipinski definition) is 4. The Kier molecular flexibility index (Phi) is 14.9. The van der Waals surface area contributed by atoms with Gasteiger partial charge in [-0.2, -0.15) is 0 Å². The third kappa shape index (κ3) is 9.77. The summed E-state index contributed by atoms with van der Waals surface area (Å²) >= 11 is 0. The Morgan fingerprint density at radius 2 is 1.39 bits per heavy atom. The highest BCUT2D eigenvalue weighted by atomic mass is 16.5. The zero-order chi connectivity index (χ0) is 43.4. The van der Waals surface area contributed by atoms with Gasteiger partial charge in [0.1, 0.15) is 12.1 Å². The molecule has 59 heavy (non-hydrogen) atoms. The molecule has 334 valence electrons. The van der Waals surface area contributed by atoms with Crippen LogP contribution in [0.3, 0.4) is 0 Å². The standard InChI is InChI=1S/C49H80N2O8/c1-33(42(56)57)51-39(52)18-15-13-11-9-10-12-14-16-31-50-43(58)49-29-27-44(2,3)32-35(49)34-21-22-37-46(6)25-24-38(59-41(55)20-17-19-40(53)54)45(4,5)36(46)23-26-48(37,8)47(34,7)28-30-49/h21,33,35-38H,9-20,22-32H2,1-8H3,(H,50,58)(H,51,52)(H,53,54)(H,56,57)/t33-,35-,36-,37+,38-,46-,47+,48+,49-/m0/s1. The van der Waals surface area contributed by atoms with Crippen LogP contribution in [-0.2, 0) is 28.7 Å². The Bertz CT molecular complexity index is 1590. The summed E-state index contributed by atoms with van der Waals surface area (Å²) in [6.07, 6.45) is 21.8. The van der Waals surface area contributed by atoms with Crippen molar-refractivity contribution in [3.05, 3.63) is 11.6 Å². The van der Waals surface area contributed by atoms with Crippen molar-refractivity contribution < 1.29 is 38.9 Å². The molecule has 0 aromatic heterocycles. The molecule has 0 aromatic rings. The Hall–Kier alpha value is -2.91. The number of carboxylic acid groups (broad SMARTS) is 2. The Morgan fingerprint density at radius 1 is 0.746 bits per heavy atom. The zero-order valence-electron chi connectivity index (χ0n) is 38.1. The van der Waals surface area contributed by atoms with Gasteiger partial charge in [0.15, 0.2) is 0 Å². The fourth-order valence-corrected chi connectivity index (χ4v) is 13.7. The first kappa shape index (κ1) is 47.1. The Morgan fingerprint density at radius 3 is 2.05 bits per heavy atom. The number of carbonyl (C=O) groups is 5. The molecule has 10 heteroatoms. The van der Waals surface area contributed by atoms with Gasteiger partial charge in [0.05, 0.1) is 5.41 Å². The van der Waals surface area contributed by atoms with Gasteiger partial charge >= 0.3 is 17.9 Å². The van der Waals surface area contributed by atoms with Gasteiger partial charge in [-0.1, -0.05) is 98.6 Å². The fourth-order valence-electron chi connectivity index (χ4n) is 13.7. The number of allylic oxidation sites excluding steroid dienone is 2. The Labute approximate surface area is 355 Å². The average Bonchev–Trinajstić information content (AvgIpc) is 3.14. The first-order chi connectivity index (χ1) is 27.6. The van der Waals surface area contributed by atoms with Crippen LogP contribution < -0.4 is 10.6 Å². The highest BCUT2D eigenvalue weighted by molar-refractivity contribution is 5.84. The zero-order valence-corrected chi connectivity index (χ0v) is 38.1. The predicted octanol–water partition coefficient (Wildman–Crippen LogP) is 10.2. The second-order valence-electron chi connectivity index (χ2n) is 21.9. The maximum absolute atomic E-state index is 14.5. The number of hydrogen-bond acceptors (Lipinski definition) is 6. The number of amides is 2. The number of rotatable bonds is 19. The molecular formula is C49H80N2O8. The summed E-state index contributed by atoms with van der Waals surface area (Å²) in [5.41, 5.74) is 1.48. The van der Waals surface area contributed by atoms with E-state index >= 15 is 0 Å². The first-order valence-corrected chi connectivity index (χ1v) is 23.6. The van der Waals surface area contributed by atoms with Crippen LogP contribution in [0.2, 0.25) is 0 Å². The van der Waals surface area contributed by atoms with Gasteiger partial charge in [-0.25, -0.2) is 0 Å². The molecule has 0 spiro atoms. The average molecular weight is 825 g/mol. The number of fused-ring (bicyclic) bond motifs is 7. The fraction of sp³-hybridized carbons (Fsp3) is 0.857. The molecule has 10 nitrogen and oxygen atoms in total. The lowest BCUT2D eigenvalue weighted by molar-refractivity contribution is -0.213. The summed E-state index contributed by atoms with van der Waals surface area (Å²) < 4.78 is 6.15. The minimum Gasteiger partial charge on any atom is -0.481 e. The minimum atomic E-state index is -1.02. The molecule has 4 saturated carbocycles. The van der Waals surface area contributed by atoms with Gasteiger partial charge in [0.2, 0.25) is 11.8 Å². The van der Waals surface area contributed by atoms with Crippen molar-refractivity contribution in [3.63, 3.8) is 0 Å². The highest BCUT2D eigenvalue weighted by Gasteiger charge is 2.69. The van der Waals surface area contributed by atoms with E-state index in [9.17, 15) is 24.0 Å². The lowest BCUT2D eigenvalue weighted by atomic mass is 9.33. The molecule has 9 atom stereocenters. The largest absolute Gasteiger partial charge is 0.481 e. The number of carbonyl (C=O) groups excluding carboxylic acids is 3. The number of aliphatic carboxylic acids is 2. The van der Waals surface area contributed by atoms with Crippen LogP contribution in [0.25, 0.3) is 0 Å². The van der Waals surface area contributed by atoms with Gasteiger partial charge in [-0.3, -0.25) is 24.0 Å². The van der Waals surface area contributed by atoms with E-state index in [0.29, 0.717) is 24.7 Å². The normalized spacial score (nSPS) is 34.7. The number of esters is 1. The second kappa shape index (κ2) is 18.6. The molecule has 0 bridgehead atoms. The van der Waals surface area contributed by atoms with Crippen molar-refractivity contribution in [2.24, 2.45) is 50.2 Å². The molecule has 4 fully saturated rings. The quantitative estimate of drug-likeness (QED) is 0.0569. The van der Waals surface area contributed by atoms with Crippen LogP contribution in [0.4, 0.5) is 0 Å². The summed E-state index contributed by atoms with van der Waals surface area (Å²) in [6, 6.07) is -0.850. The van der Waals surface area contributed by atoms with Gasteiger partial charge in [0.25, 0.3) is 0 Å². The molecule has 4 N–H and O–H groups in total. The van der Waals surface area contributed by atoms with Crippen LogP contribution in [0.15, 0.2) is 11.6 Å². The third-order valence-corrected chi connectivity index (χ3v) is 17.4. The van der Waals surface area contributed by atoms with E-state index in [4.69, 9.17) is 14.9 Å². The molecule has 0 saturated heterocycles. The number of unbranched alkanes of at least 4 members (excludes halogenated alkanes) is 7. The SMILES string of the molecule is C[C@H](NC(=O)CCCCCCCCCCNC(=O)[C@]12CCC(C)(C)C[C@H]1C1=CC[C@@H]3[C@@]4(C)CC[C@H](OC(=O)CCCC(=O)O)C(C)(C)[C@@H]4CC[C@@]3(C)[C@]1(C)CC2)C(=O)O. The maximum Gasteiger partial charge on any atom is 0.325 e. The van der Waals surface area contributed by atoms with Crippen molar-refractivity contribution in [1.82, 2.24) is 10.6 Å². The van der Waals surface area contributed by atoms with Crippen LogP contribution in [0, 0.1) is 50.2 Å². The van der Waals surface area contributed by atoms with E-state index in [0.717, 1.165) is 122 Å². The minimum absolute atomic E-state index is 0.0157. The van der Waals surface area contributed by atoms with Crippen LogP contribution in [0.1, 0.15) is 197 Å². The molecule has 0 radical (unpaired) electrons. The molecule has 2 amide bonds. The van der Waals surface area contributed by atoms with Crippen LogP contribution in [0.5, 0.6) is 0 Å². The second-order valence-corrected chi connectivity index (χ2v) is 21.9. The third-order valence-electron chi connectivity index (χ3n) is 17.4. The topological polar surface area (TPSA) is 159 Å². The maximum atomic E-state index is 14.5. The van der Waals surface area contributed by atoms with Crippen molar-refractivity contribution in [3.8, 4) is 0 Å². The van der Waals surface area contributed by atoms with Crippen molar-refractivity contribution in [2.75, 3.05) is 6.54 Å². The van der Waals surface area contributed by atoms with Crippen molar-refractivity contribution in [2.45, 2.75) is 209 Å². The van der Waals surface area contributed by atoms with E-state index in [2.05, 4.69) is 65.2 Å². The van der Waals surface area contributed by atoms with E-state index in [1.165, 1.54) is 6.92 Å². The van der Waals surface area contributed by atoms with Crippen LogP contribution >= 0.6 is 0 Å². The summed E-state index contributed by atoms with van der Waals surface area (Å²) in [6.45, 7) is 19.3. The van der Waals surface area contributed by atoms with Crippen molar-refractivity contribution in [1.29, 1.82) is 0 Å². The molecule has 0 unspecified atom stereocenters. The summed E-state index contributed by atoms with van der Waals surface area (Å²) in [4.78, 5) is 61.2. The lowest BCUT2D eigenvalue weighted by Gasteiger charge is -2.71. The molecule has 0 aromatic carbocycles. The summed E-state index contributed by atoms with van der Waals surface area (Å²) in [5.74, 6) is -0.902. The molecule has 5 aliphatic carbocycles. The number of ether oxygens (including phenoxy) is 1. The molecular weight excluding hydrogens is 745 g/mol. The monoisotopic (exact) mass is 825 g/mol. The van der Waals surface area contributed by atoms with E-state index in [-0.39, 0.29) is 75.1 Å². The summed E-state index contributed by atoms with van der Waals surface area (Å²) in [7, 11) is 0. The first-order valence-electron chi connectivity index (χ1n) is 23.6. The van der Waals surface area contributed by atoms with Crippen LogP contribution in [-0.4, -0.2) is 58.6 Å². The van der Waals surface area contributed by atoms with Gasteiger partial charge in [0, 0.05) is 31.2 Å². The molecule has 5 aliphatic rings. The number of nitrogens with one attached hydrogen (secondary N) is 2. The van der Waals surface area contributed by atoms with Gasteiger partial charge in [-0.15, -0.1) is 0 Å². The predicted molar refractivity (Wildman–Crippen MR) is 230 cm³/mol. The molecule has 0 heterocycles. The van der Waals surface area contributed by atoms with E-state index in [1.807, 2.05) is 0 Å². The number of carboxylic acids is 2. The van der Waals surface area contributed by atoms with Gasteiger partial charge in [-0.05, 0) is 130 Å². The lowest BCUT2D eigenvalue weighted by Crippen LogP contribution is -2.65. The highest BCUT2D eigenvalue weighted by Crippen LogP contribution is 2.76.